The van der Waals surface area contributed by atoms with Gasteiger partial charge in [-0.3, -0.25) is 4.57 Å². The van der Waals surface area contributed by atoms with Crippen molar-refractivity contribution in [3.63, 3.8) is 0 Å². The van der Waals surface area contributed by atoms with E-state index >= 15 is 0 Å². The number of fused-ring (bicyclic) bond motifs is 3. The third-order valence-electron chi connectivity index (χ3n) is 5.44. The molecule has 28 heavy (non-hydrogen) atoms. The Hall–Kier alpha value is -3.33. The summed E-state index contributed by atoms with van der Waals surface area (Å²) in [6.45, 7) is 6.56. The Balaban J connectivity index is 1.88. The third kappa shape index (κ3) is 2.47. The van der Waals surface area contributed by atoms with Gasteiger partial charge in [0.2, 0.25) is 0 Å². The highest BCUT2D eigenvalue weighted by atomic mass is 16.3. The van der Waals surface area contributed by atoms with E-state index in [2.05, 4.69) is 73.9 Å². The molecule has 0 bridgehead atoms. The molecule has 3 nitrogen and oxygen atoms in total. The summed E-state index contributed by atoms with van der Waals surface area (Å²) < 4.78 is 8.54. The summed E-state index contributed by atoms with van der Waals surface area (Å²) in [7, 11) is 0. The number of nitrogens with zero attached hydrogens (tertiary/aromatic N) is 2. The molecule has 0 saturated heterocycles. The summed E-state index contributed by atoms with van der Waals surface area (Å²) in [6.07, 6.45) is 3.90. The number of aryl methyl sites for hydroxylation is 1. The standard InChI is InChI=1S/C25H22N2O/c1-16(2)18-12-13-20-19-9-5-7-11-22(19)28-24(20)23(18)25-26-14-15-27(25)21-10-6-4-8-17(21)3/h4-16H,1-3H3. The summed E-state index contributed by atoms with van der Waals surface area (Å²) in [5.41, 5.74) is 6.49. The maximum Gasteiger partial charge on any atom is 0.148 e. The number of para-hydroxylation sites is 2. The minimum absolute atomic E-state index is 0.356. The molecule has 0 fully saturated rings. The highest BCUT2D eigenvalue weighted by Crippen LogP contribution is 2.40. The molecule has 0 unspecified atom stereocenters. The lowest BCUT2D eigenvalue weighted by atomic mass is 9.94. The molecule has 0 amide bonds. The number of hydrogen-bond donors (Lipinski definition) is 0. The van der Waals surface area contributed by atoms with Crippen LogP contribution in [0.25, 0.3) is 39.0 Å². The van der Waals surface area contributed by atoms with Crippen LogP contribution in [-0.4, -0.2) is 9.55 Å². The van der Waals surface area contributed by atoms with Gasteiger partial charge in [-0.25, -0.2) is 4.98 Å². The number of hydrogen-bond acceptors (Lipinski definition) is 2. The lowest BCUT2D eigenvalue weighted by Gasteiger charge is -2.16. The van der Waals surface area contributed by atoms with Gasteiger partial charge in [0.25, 0.3) is 0 Å². The summed E-state index contributed by atoms with van der Waals surface area (Å²) in [5, 5.41) is 2.28. The predicted octanol–water partition coefficient (Wildman–Crippen LogP) is 6.87. The normalized spacial score (nSPS) is 11.7. The smallest absolute Gasteiger partial charge is 0.148 e. The van der Waals surface area contributed by atoms with Gasteiger partial charge in [-0.15, -0.1) is 0 Å². The second kappa shape index (κ2) is 6.38. The minimum atomic E-state index is 0.356. The Morgan fingerprint density at radius 3 is 2.50 bits per heavy atom. The van der Waals surface area contributed by atoms with Crippen molar-refractivity contribution in [1.29, 1.82) is 0 Å². The lowest BCUT2D eigenvalue weighted by Crippen LogP contribution is -2.02. The lowest BCUT2D eigenvalue weighted by molar-refractivity contribution is 0.668. The Morgan fingerprint density at radius 2 is 1.68 bits per heavy atom. The van der Waals surface area contributed by atoms with Crippen molar-refractivity contribution in [3.05, 3.63) is 84.2 Å². The van der Waals surface area contributed by atoms with E-state index in [9.17, 15) is 0 Å². The number of imidazole rings is 1. The van der Waals surface area contributed by atoms with E-state index < -0.39 is 0 Å². The zero-order valence-corrected chi connectivity index (χ0v) is 16.3. The molecule has 0 spiro atoms. The van der Waals surface area contributed by atoms with Gasteiger partial charge in [0.05, 0.1) is 5.56 Å². The maximum absolute atomic E-state index is 6.37. The van der Waals surface area contributed by atoms with Crippen molar-refractivity contribution in [2.45, 2.75) is 26.7 Å². The molecule has 2 aromatic heterocycles. The number of aromatic nitrogens is 2. The Kier molecular flexibility index (Phi) is 3.83. The first-order chi connectivity index (χ1) is 13.6. The molecular weight excluding hydrogens is 344 g/mol. The molecule has 3 heteroatoms. The second-order valence-electron chi connectivity index (χ2n) is 7.57. The van der Waals surface area contributed by atoms with Gasteiger partial charge < -0.3 is 4.42 Å². The topological polar surface area (TPSA) is 31.0 Å². The molecule has 0 saturated carbocycles. The Morgan fingerprint density at radius 1 is 0.893 bits per heavy atom. The summed E-state index contributed by atoms with van der Waals surface area (Å²) in [6, 6.07) is 21.0. The van der Waals surface area contributed by atoms with Crippen LogP contribution in [0.15, 0.2) is 77.5 Å². The number of furan rings is 1. The van der Waals surface area contributed by atoms with Crippen LogP contribution < -0.4 is 0 Å². The fourth-order valence-corrected chi connectivity index (χ4v) is 4.03. The second-order valence-corrected chi connectivity index (χ2v) is 7.57. The number of rotatable bonds is 3. The zero-order valence-electron chi connectivity index (χ0n) is 16.3. The van der Waals surface area contributed by atoms with Gasteiger partial charge >= 0.3 is 0 Å². The Labute approximate surface area is 164 Å². The monoisotopic (exact) mass is 366 g/mol. The molecule has 3 aromatic carbocycles. The van der Waals surface area contributed by atoms with Crippen LogP contribution in [0, 0.1) is 6.92 Å². The average molecular weight is 366 g/mol. The zero-order chi connectivity index (χ0) is 19.3. The molecule has 5 aromatic rings. The van der Waals surface area contributed by atoms with E-state index in [0.29, 0.717) is 5.92 Å². The van der Waals surface area contributed by atoms with Gasteiger partial charge in [0.15, 0.2) is 0 Å². The van der Waals surface area contributed by atoms with E-state index in [1.165, 1.54) is 11.1 Å². The molecule has 0 aliphatic rings. The fourth-order valence-electron chi connectivity index (χ4n) is 4.03. The minimum Gasteiger partial charge on any atom is -0.455 e. The van der Waals surface area contributed by atoms with Gasteiger partial charge in [-0.05, 0) is 36.1 Å². The molecule has 0 N–H and O–H groups in total. The third-order valence-corrected chi connectivity index (χ3v) is 5.44. The van der Waals surface area contributed by atoms with Crippen LogP contribution >= 0.6 is 0 Å². The molecule has 0 aliphatic carbocycles. The summed E-state index contributed by atoms with van der Waals surface area (Å²) in [4.78, 5) is 4.77. The van der Waals surface area contributed by atoms with Crippen molar-refractivity contribution < 1.29 is 4.42 Å². The molecular formula is C25H22N2O. The first kappa shape index (κ1) is 16.8. The van der Waals surface area contributed by atoms with Crippen LogP contribution in [0.5, 0.6) is 0 Å². The van der Waals surface area contributed by atoms with E-state index in [-0.39, 0.29) is 0 Å². The molecule has 5 rings (SSSR count). The SMILES string of the molecule is Cc1ccccc1-n1ccnc1-c1c(C(C)C)ccc2c1oc1ccccc12. The molecule has 2 heterocycles. The van der Waals surface area contributed by atoms with Crippen molar-refractivity contribution in [2.24, 2.45) is 0 Å². The molecule has 138 valence electrons. The maximum atomic E-state index is 6.37. The average Bonchev–Trinajstić information content (AvgIpc) is 3.32. The van der Waals surface area contributed by atoms with Crippen LogP contribution in [0.2, 0.25) is 0 Å². The van der Waals surface area contributed by atoms with Crippen LogP contribution in [-0.2, 0) is 0 Å². The highest BCUT2D eigenvalue weighted by Gasteiger charge is 2.21. The highest BCUT2D eigenvalue weighted by molar-refractivity contribution is 6.09. The molecule has 0 radical (unpaired) electrons. The van der Waals surface area contributed by atoms with Crippen LogP contribution in [0.3, 0.4) is 0 Å². The van der Waals surface area contributed by atoms with E-state index in [1.807, 2.05) is 24.5 Å². The van der Waals surface area contributed by atoms with Crippen molar-refractivity contribution in [1.82, 2.24) is 9.55 Å². The van der Waals surface area contributed by atoms with Crippen molar-refractivity contribution >= 4 is 21.9 Å². The van der Waals surface area contributed by atoms with E-state index in [4.69, 9.17) is 9.40 Å². The van der Waals surface area contributed by atoms with Crippen molar-refractivity contribution in [3.8, 4) is 17.1 Å². The van der Waals surface area contributed by atoms with Gasteiger partial charge in [0, 0.05) is 28.9 Å². The van der Waals surface area contributed by atoms with Gasteiger partial charge in [-0.1, -0.05) is 62.4 Å². The Bertz CT molecular complexity index is 1310. The van der Waals surface area contributed by atoms with E-state index in [0.717, 1.165) is 39.0 Å². The summed E-state index contributed by atoms with van der Waals surface area (Å²) in [5.74, 6) is 1.28. The largest absolute Gasteiger partial charge is 0.455 e. The number of benzene rings is 3. The first-order valence-electron chi connectivity index (χ1n) is 9.69. The van der Waals surface area contributed by atoms with Crippen LogP contribution in [0.1, 0.15) is 30.9 Å². The van der Waals surface area contributed by atoms with Gasteiger partial charge in [-0.2, -0.15) is 0 Å². The quantitative estimate of drug-likeness (QED) is 0.349. The molecule has 0 aliphatic heterocycles. The predicted molar refractivity (Wildman–Crippen MR) is 115 cm³/mol. The van der Waals surface area contributed by atoms with Crippen LogP contribution in [0.4, 0.5) is 0 Å². The summed E-state index contributed by atoms with van der Waals surface area (Å²) >= 11 is 0. The molecule has 0 atom stereocenters. The van der Waals surface area contributed by atoms with E-state index in [1.54, 1.807) is 0 Å². The first-order valence-corrected chi connectivity index (χ1v) is 9.69. The van der Waals surface area contributed by atoms with Gasteiger partial charge in [0.1, 0.15) is 17.0 Å². The fraction of sp³-hybridized carbons (Fsp3) is 0.160. The van der Waals surface area contributed by atoms with Crippen molar-refractivity contribution in [2.75, 3.05) is 0 Å².